The van der Waals surface area contributed by atoms with Crippen LogP contribution in [-0.2, 0) is 4.79 Å². The van der Waals surface area contributed by atoms with Gasteiger partial charge in [0.05, 0.1) is 41.1 Å². The fourth-order valence-electron chi connectivity index (χ4n) is 4.09. The van der Waals surface area contributed by atoms with E-state index in [0.717, 1.165) is 5.56 Å². The standard InChI is InChI=1S/C29H25N3O3S/c1-19-26(28(34)32-23-15-9-10-16-25(23)35-2)27(21-13-7-4-8-14-21)22(17-30)29(31-19)36-18-24(33)20-11-5-3-6-12-20/h3-16,27,31H,18H2,1-2H3,(H,32,34)/t27-/m0/s1. The molecule has 1 aliphatic rings. The Morgan fingerprint density at radius 1 is 1.00 bits per heavy atom. The molecule has 0 spiro atoms. The number of hydrogen-bond acceptors (Lipinski definition) is 6. The number of amides is 1. The summed E-state index contributed by atoms with van der Waals surface area (Å²) >= 11 is 1.27. The molecule has 1 atom stereocenters. The van der Waals surface area contributed by atoms with E-state index in [1.807, 2.05) is 60.7 Å². The number of ether oxygens (including phenoxy) is 1. The van der Waals surface area contributed by atoms with Crippen LogP contribution in [0.5, 0.6) is 5.75 Å². The van der Waals surface area contributed by atoms with Crippen LogP contribution in [0.15, 0.2) is 107 Å². The minimum absolute atomic E-state index is 0.0372. The lowest BCUT2D eigenvalue weighted by Gasteiger charge is -2.30. The Kier molecular flexibility index (Phi) is 7.89. The number of nitrogens with one attached hydrogen (secondary N) is 2. The summed E-state index contributed by atoms with van der Waals surface area (Å²) in [5, 5.41) is 16.9. The zero-order valence-electron chi connectivity index (χ0n) is 19.9. The highest BCUT2D eigenvalue weighted by Crippen LogP contribution is 2.41. The number of rotatable bonds is 8. The molecule has 0 aliphatic carbocycles. The van der Waals surface area contributed by atoms with E-state index in [1.165, 1.54) is 11.8 Å². The van der Waals surface area contributed by atoms with Crippen LogP contribution in [0.3, 0.4) is 0 Å². The van der Waals surface area contributed by atoms with Gasteiger partial charge in [0, 0.05) is 16.8 Å². The maximum atomic E-state index is 13.6. The van der Waals surface area contributed by atoms with Crippen molar-refractivity contribution in [1.29, 1.82) is 5.26 Å². The summed E-state index contributed by atoms with van der Waals surface area (Å²) in [5.74, 6) is -0.271. The van der Waals surface area contributed by atoms with E-state index < -0.39 is 5.92 Å². The number of nitriles is 1. The summed E-state index contributed by atoms with van der Waals surface area (Å²) in [6.07, 6.45) is 0. The van der Waals surface area contributed by atoms with Crippen molar-refractivity contribution in [1.82, 2.24) is 5.32 Å². The third kappa shape index (κ3) is 5.35. The summed E-state index contributed by atoms with van der Waals surface area (Å²) < 4.78 is 5.38. The SMILES string of the molecule is COc1ccccc1NC(=O)C1=C(C)NC(SCC(=O)c2ccccc2)=C(C#N)[C@@H]1c1ccccc1. The molecule has 2 N–H and O–H groups in total. The Morgan fingerprint density at radius 3 is 2.31 bits per heavy atom. The summed E-state index contributed by atoms with van der Waals surface area (Å²) in [6, 6.07) is 28.0. The van der Waals surface area contributed by atoms with Crippen molar-refractivity contribution in [2.24, 2.45) is 0 Å². The molecule has 1 heterocycles. The zero-order valence-corrected chi connectivity index (χ0v) is 20.8. The highest BCUT2D eigenvalue weighted by atomic mass is 32.2. The average Bonchev–Trinajstić information content (AvgIpc) is 2.92. The Labute approximate surface area is 214 Å². The quantitative estimate of drug-likeness (QED) is 0.393. The lowest BCUT2D eigenvalue weighted by molar-refractivity contribution is -0.113. The lowest BCUT2D eigenvalue weighted by atomic mass is 9.82. The third-order valence-electron chi connectivity index (χ3n) is 5.82. The molecule has 0 saturated carbocycles. The van der Waals surface area contributed by atoms with Crippen molar-refractivity contribution in [3.05, 3.63) is 118 Å². The van der Waals surface area contributed by atoms with Gasteiger partial charge in [-0.15, -0.1) is 0 Å². The van der Waals surface area contributed by atoms with Crippen molar-refractivity contribution in [3.63, 3.8) is 0 Å². The van der Waals surface area contributed by atoms with Gasteiger partial charge in [-0.1, -0.05) is 84.6 Å². The molecule has 0 aromatic heterocycles. The molecule has 0 bridgehead atoms. The summed E-state index contributed by atoms with van der Waals surface area (Å²) in [5.41, 5.74) is 3.40. The van der Waals surface area contributed by atoms with Crippen molar-refractivity contribution < 1.29 is 14.3 Å². The fraction of sp³-hybridized carbons (Fsp3) is 0.138. The van der Waals surface area contributed by atoms with Gasteiger partial charge in [0.2, 0.25) is 0 Å². The normalized spacial score (nSPS) is 15.1. The maximum absolute atomic E-state index is 13.6. The van der Waals surface area contributed by atoms with E-state index >= 15 is 0 Å². The Bertz CT molecular complexity index is 1380. The number of nitrogens with zero attached hydrogens (tertiary/aromatic N) is 1. The van der Waals surface area contributed by atoms with Gasteiger partial charge in [0.15, 0.2) is 5.78 Å². The Hall–Kier alpha value is -4.28. The second kappa shape index (κ2) is 11.4. The Morgan fingerprint density at radius 2 is 1.64 bits per heavy atom. The monoisotopic (exact) mass is 495 g/mol. The highest BCUT2D eigenvalue weighted by molar-refractivity contribution is 8.03. The molecule has 36 heavy (non-hydrogen) atoms. The number of anilines is 1. The number of allylic oxidation sites excluding steroid dienone is 2. The number of ketones is 1. The van der Waals surface area contributed by atoms with Crippen LogP contribution in [0.4, 0.5) is 5.69 Å². The molecule has 3 aromatic carbocycles. The second-order valence-corrected chi connectivity index (χ2v) is 9.08. The van der Waals surface area contributed by atoms with Gasteiger partial charge in [-0.2, -0.15) is 5.26 Å². The first kappa shape index (κ1) is 24.8. The molecule has 0 unspecified atom stereocenters. The van der Waals surface area contributed by atoms with Crippen molar-refractivity contribution in [3.8, 4) is 11.8 Å². The van der Waals surface area contributed by atoms with Gasteiger partial charge in [-0.25, -0.2) is 0 Å². The summed E-state index contributed by atoms with van der Waals surface area (Å²) in [6.45, 7) is 1.81. The molecule has 180 valence electrons. The van der Waals surface area contributed by atoms with Crippen LogP contribution in [0, 0.1) is 11.3 Å². The molecule has 0 radical (unpaired) electrons. The first-order chi connectivity index (χ1) is 17.5. The number of carbonyl (C=O) groups is 2. The van der Waals surface area contributed by atoms with E-state index in [9.17, 15) is 14.9 Å². The van der Waals surface area contributed by atoms with Crippen LogP contribution in [0.2, 0.25) is 0 Å². The predicted octanol–water partition coefficient (Wildman–Crippen LogP) is 5.65. The number of para-hydroxylation sites is 2. The van der Waals surface area contributed by atoms with Crippen molar-refractivity contribution in [2.75, 3.05) is 18.2 Å². The molecule has 1 aliphatic heterocycles. The van der Waals surface area contributed by atoms with E-state index in [0.29, 0.717) is 38.9 Å². The third-order valence-corrected chi connectivity index (χ3v) is 6.84. The number of benzene rings is 3. The number of hydrogen-bond donors (Lipinski definition) is 2. The van der Waals surface area contributed by atoms with E-state index in [1.54, 1.807) is 38.3 Å². The summed E-state index contributed by atoms with van der Waals surface area (Å²) in [4.78, 5) is 26.3. The minimum Gasteiger partial charge on any atom is -0.495 e. The number of dihydropyridines is 1. The molecule has 3 aromatic rings. The van der Waals surface area contributed by atoms with Gasteiger partial charge >= 0.3 is 0 Å². The Balaban J connectivity index is 1.68. The maximum Gasteiger partial charge on any atom is 0.254 e. The van der Waals surface area contributed by atoms with Crippen LogP contribution in [0.25, 0.3) is 0 Å². The summed E-state index contributed by atoms with van der Waals surface area (Å²) in [7, 11) is 1.54. The van der Waals surface area contributed by atoms with Crippen LogP contribution in [-0.4, -0.2) is 24.6 Å². The van der Waals surface area contributed by atoms with Crippen molar-refractivity contribution in [2.45, 2.75) is 12.8 Å². The van der Waals surface area contributed by atoms with Gasteiger partial charge < -0.3 is 15.4 Å². The molecular formula is C29H25N3O3S. The number of Topliss-reactive ketones (excluding diaryl/α,β-unsaturated/α-hetero) is 1. The van der Waals surface area contributed by atoms with E-state index in [2.05, 4.69) is 16.7 Å². The molecule has 6 nitrogen and oxygen atoms in total. The van der Waals surface area contributed by atoms with E-state index in [4.69, 9.17) is 4.74 Å². The average molecular weight is 496 g/mol. The minimum atomic E-state index is -0.596. The van der Waals surface area contributed by atoms with Crippen LogP contribution in [0.1, 0.15) is 28.8 Å². The fourth-order valence-corrected chi connectivity index (χ4v) is 5.08. The van der Waals surface area contributed by atoms with E-state index in [-0.39, 0.29) is 17.4 Å². The van der Waals surface area contributed by atoms with Gasteiger partial charge in [-0.05, 0) is 24.6 Å². The van der Waals surface area contributed by atoms with Crippen LogP contribution >= 0.6 is 11.8 Å². The molecule has 0 saturated heterocycles. The van der Waals surface area contributed by atoms with Crippen molar-refractivity contribution >= 4 is 29.1 Å². The number of carbonyl (C=O) groups excluding carboxylic acids is 2. The smallest absolute Gasteiger partial charge is 0.254 e. The molecule has 1 amide bonds. The lowest BCUT2D eigenvalue weighted by Crippen LogP contribution is -2.31. The predicted molar refractivity (Wildman–Crippen MR) is 143 cm³/mol. The topological polar surface area (TPSA) is 91.2 Å². The first-order valence-electron chi connectivity index (χ1n) is 11.4. The molecule has 7 heteroatoms. The van der Waals surface area contributed by atoms with Gasteiger partial charge in [0.25, 0.3) is 5.91 Å². The molecular weight excluding hydrogens is 470 g/mol. The van der Waals surface area contributed by atoms with Gasteiger partial charge in [-0.3, -0.25) is 9.59 Å². The van der Waals surface area contributed by atoms with Crippen LogP contribution < -0.4 is 15.4 Å². The largest absolute Gasteiger partial charge is 0.495 e. The first-order valence-corrected chi connectivity index (χ1v) is 12.3. The number of thioether (sulfide) groups is 1. The zero-order chi connectivity index (χ0) is 25.5. The molecule has 4 rings (SSSR count). The molecule has 0 fully saturated rings. The van der Waals surface area contributed by atoms with Gasteiger partial charge in [0.1, 0.15) is 5.75 Å². The second-order valence-electron chi connectivity index (χ2n) is 8.09. The number of methoxy groups -OCH3 is 1. The highest BCUT2D eigenvalue weighted by Gasteiger charge is 2.35.